The van der Waals surface area contributed by atoms with Gasteiger partial charge in [-0.15, -0.1) is 24.2 Å². The Morgan fingerprint density at radius 2 is 1.62 bits per heavy atom. The molecule has 2 rings (SSSR count). The predicted molar refractivity (Wildman–Crippen MR) is 108 cm³/mol. The largest absolute Gasteiger partial charge is 0.485 e. The lowest BCUT2D eigenvalue weighted by molar-refractivity contribution is 0.190. The first-order valence-electron chi connectivity index (χ1n) is 8.14. The second-order valence-electron chi connectivity index (χ2n) is 6.57. The van der Waals surface area contributed by atoms with Crippen molar-refractivity contribution in [1.82, 2.24) is 5.32 Å². The molecule has 1 unspecified atom stereocenters. The van der Waals surface area contributed by atoms with Crippen LogP contribution in [0.15, 0.2) is 59.5 Å². The summed E-state index contributed by atoms with van der Waals surface area (Å²) >= 11 is 1.85. The summed E-state index contributed by atoms with van der Waals surface area (Å²) in [5, 5.41) is 3.22. The Labute approximate surface area is 156 Å². The molecule has 2 aromatic carbocycles. The lowest BCUT2D eigenvalue weighted by Crippen LogP contribution is -2.16. The zero-order valence-electron chi connectivity index (χ0n) is 14.9. The summed E-state index contributed by atoms with van der Waals surface area (Å²) in [5.41, 5.74) is 1.22. The highest BCUT2D eigenvalue weighted by molar-refractivity contribution is 8.00. The molecule has 0 aliphatic rings. The maximum absolute atomic E-state index is 6.42. The maximum Gasteiger partial charge on any atom is 0.133 e. The Morgan fingerprint density at radius 3 is 2.25 bits per heavy atom. The first-order chi connectivity index (χ1) is 11.0. The highest BCUT2D eigenvalue weighted by atomic mass is 35.5. The standard InChI is InChI=1S/C20H27NOS.ClH/c1-20(2,3)23-19-13-9-8-12-18(19)22-17(14-15-21-4)16-10-6-5-7-11-16;/h5-13,17,21H,14-15H2,1-4H3;1H. The van der Waals surface area contributed by atoms with Gasteiger partial charge in [0.15, 0.2) is 0 Å². The normalized spacial score (nSPS) is 12.3. The van der Waals surface area contributed by atoms with Gasteiger partial charge in [-0.25, -0.2) is 0 Å². The molecular formula is C20H28ClNOS. The minimum atomic E-state index is 0. The molecule has 0 radical (unpaired) electrons. The molecule has 2 aromatic rings. The van der Waals surface area contributed by atoms with Crippen molar-refractivity contribution in [2.45, 2.75) is 42.9 Å². The van der Waals surface area contributed by atoms with Crippen LogP contribution in [-0.2, 0) is 0 Å². The van der Waals surface area contributed by atoms with Crippen LogP contribution in [0.2, 0.25) is 0 Å². The molecule has 0 fully saturated rings. The van der Waals surface area contributed by atoms with Crippen molar-refractivity contribution in [2.75, 3.05) is 13.6 Å². The van der Waals surface area contributed by atoms with Gasteiger partial charge >= 0.3 is 0 Å². The third kappa shape index (κ3) is 6.76. The van der Waals surface area contributed by atoms with Crippen LogP contribution in [0.3, 0.4) is 0 Å². The monoisotopic (exact) mass is 365 g/mol. The van der Waals surface area contributed by atoms with Crippen LogP contribution in [0.4, 0.5) is 0 Å². The molecule has 0 saturated carbocycles. The molecule has 4 heteroatoms. The van der Waals surface area contributed by atoms with Gasteiger partial charge in [-0.05, 0) is 31.3 Å². The van der Waals surface area contributed by atoms with Crippen molar-refractivity contribution in [3.63, 3.8) is 0 Å². The van der Waals surface area contributed by atoms with E-state index in [-0.39, 0.29) is 23.3 Å². The summed E-state index contributed by atoms with van der Waals surface area (Å²) in [5.74, 6) is 0.970. The molecular weight excluding hydrogens is 338 g/mol. The van der Waals surface area contributed by atoms with E-state index >= 15 is 0 Å². The Bertz CT molecular complexity index is 598. The smallest absolute Gasteiger partial charge is 0.133 e. The van der Waals surface area contributed by atoms with E-state index in [4.69, 9.17) is 4.74 Å². The Balaban J connectivity index is 0.00000288. The van der Waals surface area contributed by atoms with Gasteiger partial charge in [0.25, 0.3) is 0 Å². The summed E-state index contributed by atoms with van der Waals surface area (Å²) in [7, 11) is 1.98. The van der Waals surface area contributed by atoms with E-state index in [2.05, 4.69) is 68.6 Å². The predicted octanol–water partition coefficient (Wildman–Crippen LogP) is 5.73. The van der Waals surface area contributed by atoms with Gasteiger partial charge in [-0.1, -0.05) is 63.2 Å². The number of rotatable bonds is 7. The molecule has 24 heavy (non-hydrogen) atoms. The molecule has 0 amide bonds. The zero-order chi connectivity index (χ0) is 16.7. The van der Waals surface area contributed by atoms with Gasteiger partial charge in [0.2, 0.25) is 0 Å². The molecule has 132 valence electrons. The van der Waals surface area contributed by atoms with E-state index in [9.17, 15) is 0 Å². The quantitative estimate of drug-likeness (QED) is 0.633. The lowest BCUT2D eigenvalue weighted by Gasteiger charge is -2.24. The third-order valence-corrected chi connectivity index (χ3v) is 4.53. The number of para-hydroxylation sites is 1. The second kappa shape index (κ2) is 9.97. The number of thioether (sulfide) groups is 1. The average molecular weight is 366 g/mol. The van der Waals surface area contributed by atoms with E-state index in [0.717, 1.165) is 18.7 Å². The summed E-state index contributed by atoms with van der Waals surface area (Å²) in [6, 6.07) is 18.8. The lowest BCUT2D eigenvalue weighted by atomic mass is 10.1. The van der Waals surface area contributed by atoms with Gasteiger partial charge in [-0.3, -0.25) is 0 Å². The molecule has 0 spiro atoms. The fraction of sp³-hybridized carbons (Fsp3) is 0.400. The minimum Gasteiger partial charge on any atom is -0.485 e. The van der Waals surface area contributed by atoms with Crippen molar-refractivity contribution < 1.29 is 4.74 Å². The Morgan fingerprint density at radius 1 is 1.00 bits per heavy atom. The first-order valence-corrected chi connectivity index (χ1v) is 8.95. The Kier molecular flexibility index (Phi) is 8.68. The summed E-state index contributed by atoms with van der Waals surface area (Å²) in [4.78, 5) is 1.20. The van der Waals surface area contributed by atoms with E-state index in [1.807, 2.05) is 30.9 Å². The van der Waals surface area contributed by atoms with Crippen molar-refractivity contribution >= 4 is 24.2 Å². The van der Waals surface area contributed by atoms with Crippen molar-refractivity contribution in [3.8, 4) is 5.75 Å². The van der Waals surface area contributed by atoms with Gasteiger partial charge in [0.05, 0.1) is 0 Å². The van der Waals surface area contributed by atoms with E-state index < -0.39 is 0 Å². The SMILES string of the molecule is CNCCC(Oc1ccccc1SC(C)(C)C)c1ccccc1.Cl. The Hall–Kier alpha value is -1.16. The van der Waals surface area contributed by atoms with Crippen LogP contribution in [0.25, 0.3) is 0 Å². The van der Waals surface area contributed by atoms with Crippen LogP contribution in [0.1, 0.15) is 38.9 Å². The topological polar surface area (TPSA) is 21.3 Å². The number of nitrogens with one attached hydrogen (secondary N) is 1. The van der Waals surface area contributed by atoms with E-state index in [1.54, 1.807) is 0 Å². The van der Waals surface area contributed by atoms with E-state index in [0.29, 0.717) is 0 Å². The molecule has 1 atom stereocenters. The average Bonchev–Trinajstić information content (AvgIpc) is 2.52. The van der Waals surface area contributed by atoms with E-state index in [1.165, 1.54) is 10.5 Å². The first kappa shape index (κ1) is 20.9. The van der Waals surface area contributed by atoms with Crippen LogP contribution in [0, 0.1) is 0 Å². The van der Waals surface area contributed by atoms with Crippen LogP contribution in [-0.4, -0.2) is 18.3 Å². The van der Waals surface area contributed by atoms with Gasteiger partial charge in [-0.2, -0.15) is 0 Å². The second-order valence-corrected chi connectivity index (χ2v) is 8.44. The summed E-state index contributed by atoms with van der Waals surface area (Å²) in [6.07, 6.45) is 1.00. The number of halogens is 1. The molecule has 0 bridgehead atoms. The maximum atomic E-state index is 6.42. The number of ether oxygens (including phenoxy) is 1. The molecule has 0 aliphatic carbocycles. The minimum absolute atomic E-state index is 0. The molecule has 0 saturated heterocycles. The zero-order valence-corrected chi connectivity index (χ0v) is 16.5. The number of hydrogen-bond donors (Lipinski definition) is 1. The van der Waals surface area contributed by atoms with Crippen molar-refractivity contribution in [1.29, 1.82) is 0 Å². The van der Waals surface area contributed by atoms with Gasteiger partial charge in [0.1, 0.15) is 11.9 Å². The summed E-state index contributed by atoms with van der Waals surface area (Å²) in [6.45, 7) is 7.60. The summed E-state index contributed by atoms with van der Waals surface area (Å²) < 4.78 is 6.58. The van der Waals surface area contributed by atoms with Crippen LogP contribution in [0.5, 0.6) is 5.75 Å². The third-order valence-electron chi connectivity index (χ3n) is 3.36. The highest BCUT2D eigenvalue weighted by Gasteiger charge is 2.18. The fourth-order valence-electron chi connectivity index (χ4n) is 2.35. The molecule has 1 N–H and O–H groups in total. The van der Waals surface area contributed by atoms with Gasteiger partial charge in [0, 0.05) is 16.1 Å². The molecule has 2 nitrogen and oxygen atoms in total. The van der Waals surface area contributed by atoms with Crippen molar-refractivity contribution in [2.24, 2.45) is 0 Å². The van der Waals surface area contributed by atoms with Gasteiger partial charge < -0.3 is 10.1 Å². The molecule has 0 aromatic heterocycles. The van der Waals surface area contributed by atoms with Crippen molar-refractivity contribution in [3.05, 3.63) is 60.2 Å². The van der Waals surface area contributed by atoms with Crippen LogP contribution < -0.4 is 10.1 Å². The van der Waals surface area contributed by atoms with Crippen LogP contribution >= 0.6 is 24.2 Å². The highest BCUT2D eigenvalue weighted by Crippen LogP contribution is 2.39. The fourth-order valence-corrected chi connectivity index (χ4v) is 3.37. The molecule has 0 aliphatic heterocycles. The number of hydrogen-bond acceptors (Lipinski definition) is 3. The molecule has 0 heterocycles. The number of benzene rings is 2.